The van der Waals surface area contributed by atoms with E-state index in [2.05, 4.69) is 39.4 Å². The third kappa shape index (κ3) is 2.56. The van der Waals surface area contributed by atoms with Gasteiger partial charge in [0.15, 0.2) is 5.78 Å². The fraction of sp³-hybridized carbons (Fsp3) is 0.364. The molecule has 1 aliphatic carbocycles. The lowest BCUT2D eigenvalue weighted by molar-refractivity contribution is 0.0529. The van der Waals surface area contributed by atoms with Gasteiger partial charge < -0.3 is 0 Å². The molecule has 3 aromatic rings. The van der Waals surface area contributed by atoms with Crippen LogP contribution in [-0.4, -0.2) is 34.0 Å². The Morgan fingerprint density at radius 1 is 1.08 bits per heavy atom. The van der Waals surface area contributed by atoms with Crippen LogP contribution in [0.2, 0.25) is 0 Å². The van der Waals surface area contributed by atoms with Crippen LogP contribution >= 0.6 is 0 Å². The number of carbonyl (C=O) groups excluding carboxylic acids is 1. The molecule has 1 aromatic heterocycles. The molecule has 0 bridgehead atoms. The van der Waals surface area contributed by atoms with Crippen molar-refractivity contribution in [2.45, 2.75) is 32.2 Å². The SMILES string of the molecule is O=C1c2ccccc2CCC12CCN(Cc1ccc3cn[nH]c3c1)CC2. The molecule has 0 amide bonds. The van der Waals surface area contributed by atoms with Gasteiger partial charge in [-0.05, 0) is 56.0 Å². The van der Waals surface area contributed by atoms with E-state index >= 15 is 0 Å². The quantitative estimate of drug-likeness (QED) is 0.764. The second-order valence-corrected chi connectivity index (χ2v) is 7.83. The Labute approximate surface area is 153 Å². The van der Waals surface area contributed by atoms with Gasteiger partial charge in [-0.2, -0.15) is 5.10 Å². The summed E-state index contributed by atoms with van der Waals surface area (Å²) in [4.78, 5) is 15.6. The van der Waals surface area contributed by atoms with Gasteiger partial charge in [0.25, 0.3) is 0 Å². The minimum Gasteiger partial charge on any atom is -0.299 e. The van der Waals surface area contributed by atoms with E-state index in [1.54, 1.807) is 0 Å². The van der Waals surface area contributed by atoms with E-state index in [4.69, 9.17) is 0 Å². The van der Waals surface area contributed by atoms with Gasteiger partial charge in [-0.15, -0.1) is 0 Å². The number of nitrogens with one attached hydrogen (secondary N) is 1. The molecule has 1 fully saturated rings. The molecular formula is C22H23N3O. The average Bonchev–Trinajstić information content (AvgIpc) is 3.15. The molecule has 5 rings (SSSR count). The molecule has 4 nitrogen and oxygen atoms in total. The number of carbonyl (C=O) groups is 1. The number of aromatic nitrogens is 2. The number of nitrogens with zero attached hydrogens (tertiary/aromatic N) is 2. The maximum atomic E-state index is 13.1. The number of aryl methyl sites for hydroxylation is 1. The van der Waals surface area contributed by atoms with Crippen LogP contribution in [-0.2, 0) is 13.0 Å². The predicted octanol–water partition coefficient (Wildman–Crippen LogP) is 3.97. The smallest absolute Gasteiger partial charge is 0.169 e. The van der Waals surface area contributed by atoms with Crippen molar-refractivity contribution in [3.63, 3.8) is 0 Å². The predicted molar refractivity (Wildman–Crippen MR) is 102 cm³/mol. The number of hydrogen-bond donors (Lipinski definition) is 1. The fourth-order valence-electron chi connectivity index (χ4n) is 4.69. The largest absolute Gasteiger partial charge is 0.299 e. The van der Waals surface area contributed by atoms with Gasteiger partial charge in [0.1, 0.15) is 0 Å². The van der Waals surface area contributed by atoms with Crippen LogP contribution < -0.4 is 0 Å². The highest BCUT2D eigenvalue weighted by Gasteiger charge is 2.44. The molecule has 0 radical (unpaired) electrons. The molecule has 2 aromatic carbocycles. The van der Waals surface area contributed by atoms with Crippen LogP contribution in [0.5, 0.6) is 0 Å². The van der Waals surface area contributed by atoms with Crippen LogP contribution in [0.4, 0.5) is 0 Å². The van der Waals surface area contributed by atoms with Gasteiger partial charge in [0.2, 0.25) is 0 Å². The molecule has 0 atom stereocenters. The van der Waals surface area contributed by atoms with E-state index in [0.717, 1.165) is 61.8 Å². The summed E-state index contributed by atoms with van der Waals surface area (Å²) >= 11 is 0. The summed E-state index contributed by atoms with van der Waals surface area (Å²) in [5.74, 6) is 0.387. The molecule has 26 heavy (non-hydrogen) atoms. The normalized spacial score (nSPS) is 19.8. The third-order valence-electron chi connectivity index (χ3n) is 6.34. The Morgan fingerprint density at radius 3 is 2.81 bits per heavy atom. The molecule has 1 saturated heterocycles. The summed E-state index contributed by atoms with van der Waals surface area (Å²) in [6.07, 6.45) is 5.87. The molecule has 2 heterocycles. The topological polar surface area (TPSA) is 49.0 Å². The van der Waals surface area contributed by atoms with Gasteiger partial charge in [-0.1, -0.05) is 36.4 Å². The van der Waals surface area contributed by atoms with Crippen LogP contribution in [0, 0.1) is 5.41 Å². The van der Waals surface area contributed by atoms with Gasteiger partial charge >= 0.3 is 0 Å². The van der Waals surface area contributed by atoms with E-state index < -0.39 is 0 Å². The van der Waals surface area contributed by atoms with Gasteiger partial charge in [0, 0.05) is 22.9 Å². The van der Waals surface area contributed by atoms with Crippen molar-refractivity contribution in [1.82, 2.24) is 15.1 Å². The number of benzene rings is 2. The number of piperidine rings is 1. The van der Waals surface area contributed by atoms with Crippen LogP contribution in [0.1, 0.15) is 40.7 Å². The van der Waals surface area contributed by atoms with Crippen molar-refractivity contribution < 1.29 is 4.79 Å². The fourth-order valence-corrected chi connectivity index (χ4v) is 4.69. The highest BCUT2D eigenvalue weighted by Crippen LogP contribution is 2.43. The maximum Gasteiger partial charge on any atom is 0.169 e. The van der Waals surface area contributed by atoms with E-state index in [0.29, 0.717) is 5.78 Å². The Kier molecular flexibility index (Phi) is 3.68. The molecule has 0 unspecified atom stereocenters. The van der Waals surface area contributed by atoms with Crippen molar-refractivity contribution in [3.8, 4) is 0 Å². The number of H-pyrrole nitrogens is 1. The number of hydrogen-bond acceptors (Lipinski definition) is 3. The van der Waals surface area contributed by atoms with Crippen LogP contribution in [0.3, 0.4) is 0 Å². The highest BCUT2D eigenvalue weighted by molar-refractivity contribution is 6.02. The zero-order chi connectivity index (χ0) is 17.6. The van der Waals surface area contributed by atoms with Crippen molar-refractivity contribution in [1.29, 1.82) is 0 Å². The Hall–Kier alpha value is -2.46. The van der Waals surface area contributed by atoms with E-state index in [-0.39, 0.29) is 5.41 Å². The van der Waals surface area contributed by atoms with Crippen LogP contribution in [0.15, 0.2) is 48.7 Å². The minimum atomic E-state index is -0.127. The standard InChI is InChI=1S/C22H23N3O/c26-21-19-4-2-1-3-17(19)7-8-22(21)9-11-25(12-10-22)15-16-5-6-18-14-23-24-20(18)13-16/h1-6,13-14H,7-12,15H2,(H,23,24). The summed E-state index contributed by atoms with van der Waals surface area (Å²) in [5.41, 5.74) is 4.47. The first-order valence-corrected chi connectivity index (χ1v) is 9.51. The molecule has 4 heteroatoms. The Morgan fingerprint density at radius 2 is 1.92 bits per heavy atom. The maximum absolute atomic E-state index is 13.1. The van der Waals surface area contributed by atoms with E-state index in [1.165, 1.54) is 11.1 Å². The average molecular weight is 345 g/mol. The van der Waals surface area contributed by atoms with Crippen molar-refractivity contribution in [3.05, 3.63) is 65.4 Å². The number of rotatable bonds is 2. The lowest BCUT2D eigenvalue weighted by Crippen LogP contribution is -2.46. The zero-order valence-electron chi connectivity index (χ0n) is 14.9. The first kappa shape index (κ1) is 15.8. The Balaban J connectivity index is 1.29. The summed E-state index contributed by atoms with van der Waals surface area (Å²) in [5, 5.41) is 8.29. The molecule has 1 N–H and O–H groups in total. The molecule has 0 saturated carbocycles. The van der Waals surface area contributed by atoms with Gasteiger partial charge in [-0.3, -0.25) is 14.8 Å². The first-order valence-electron chi connectivity index (χ1n) is 9.51. The highest BCUT2D eigenvalue weighted by atomic mass is 16.1. The third-order valence-corrected chi connectivity index (χ3v) is 6.34. The van der Waals surface area contributed by atoms with Crippen molar-refractivity contribution in [2.24, 2.45) is 5.41 Å². The molecule has 1 spiro atoms. The second kappa shape index (κ2) is 6.06. The monoisotopic (exact) mass is 345 g/mol. The van der Waals surface area contributed by atoms with Crippen molar-refractivity contribution in [2.75, 3.05) is 13.1 Å². The van der Waals surface area contributed by atoms with Gasteiger partial charge in [-0.25, -0.2) is 0 Å². The summed E-state index contributed by atoms with van der Waals surface area (Å²) in [6, 6.07) is 14.7. The second-order valence-electron chi connectivity index (χ2n) is 7.83. The molecule has 2 aliphatic rings. The van der Waals surface area contributed by atoms with E-state index in [1.807, 2.05) is 24.4 Å². The number of fused-ring (bicyclic) bond motifs is 2. The van der Waals surface area contributed by atoms with E-state index in [9.17, 15) is 4.79 Å². The number of Topliss-reactive ketones (excluding diaryl/α,β-unsaturated/α-hetero) is 1. The number of ketones is 1. The van der Waals surface area contributed by atoms with Gasteiger partial charge in [0.05, 0.1) is 11.7 Å². The molecule has 1 aliphatic heterocycles. The summed E-state index contributed by atoms with van der Waals surface area (Å²) < 4.78 is 0. The zero-order valence-corrected chi connectivity index (χ0v) is 14.9. The van der Waals surface area contributed by atoms with Crippen molar-refractivity contribution >= 4 is 16.7 Å². The minimum absolute atomic E-state index is 0.127. The van der Waals surface area contributed by atoms with Crippen LogP contribution in [0.25, 0.3) is 10.9 Å². The number of aromatic amines is 1. The molecule has 132 valence electrons. The Bertz CT molecular complexity index is 966. The number of likely N-dealkylation sites (tertiary alicyclic amines) is 1. The lowest BCUT2D eigenvalue weighted by atomic mass is 9.65. The molecular weight excluding hydrogens is 322 g/mol. The lowest BCUT2D eigenvalue weighted by Gasteiger charge is -2.43. The summed E-state index contributed by atoms with van der Waals surface area (Å²) in [7, 11) is 0. The summed E-state index contributed by atoms with van der Waals surface area (Å²) in [6.45, 7) is 2.93. The first-order chi connectivity index (χ1) is 12.7.